The summed E-state index contributed by atoms with van der Waals surface area (Å²) in [5.41, 5.74) is 2.08. The summed E-state index contributed by atoms with van der Waals surface area (Å²) in [4.78, 5) is 0. The molecule has 2 aromatic carbocycles. The Hall–Kier alpha value is -1.95. The van der Waals surface area contributed by atoms with Gasteiger partial charge in [-0.05, 0) is 51.0 Å². The molecule has 4 nitrogen and oxygen atoms in total. The van der Waals surface area contributed by atoms with Gasteiger partial charge in [0.1, 0.15) is 11.6 Å². The zero-order valence-electron chi connectivity index (χ0n) is 13.5. The van der Waals surface area contributed by atoms with Crippen molar-refractivity contribution < 1.29 is 9.13 Å². The lowest BCUT2D eigenvalue weighted by Crippen LogP contribution is -2.72. The molecule has 0 saturated heterocycles. The van der Waals surface area contributed by atoms with Crippen LogP contribution in [0, 0.1) is 11.9 Å². The molecule has 3 N–H and O–H groups in total. The van der Waals surface area contributed by atoms with E-state index in [0.717, 1.165) is 16.9 Å². The summed E-state index contributed by atoms with van der Waals surface area (Å²) in [6, 6.07) is 15.3. The van der Waals surface area contributed by atoms with Crippen LogP contribution in [0.3, 0.4) is 0 Å². The third-order valence-electron chi connectivity index (χ3n) is 4.52. The first-order chi connectivity index (χ1) is 11.1. The van der Waals surface area contributed by atoms with Crippen molar-refractivity contribution in [3.63, 3.8) is 0 Å². The lowest BCUT2D eigenvalue weighted by atomic mass is 9.80. The van der Waals surface area contributed by atoms with Gasteiger partial charge in [0.05, 0.1) is 6.04 Å². The zero-order valence-corrected chi connectivity index (χ0v) is 13.5. The number of ether oxygens (including phenoxy) is 1. The van der Waals surface area contributed by atoms with Crippen LogP contribution in [-0.4, -0.2) is 33.0 Å². The highest BCUT2D eigenvalue weighted by atomic mass is 19.1. The maximum absolute atomic E-state index is 13.3. The van der Waals surface area contributed by atoms with Crippen molar-refractivity contribution >= 4 is 0 Å². The SMILES string of the molecule is CNC1C(c2ccc(F)cc2)c2cc[c]cc2OC1(NC)NC. The molecule has 23 heavy (non-hydrogen) atoms. The van der Waals surface area contributed by atoms with Crippen LogP contribution in [0.25, 0.3) is 0 Å². The molecule has 121 valence electrons. The zero-order chi connectivity index (χ0) is 16.4. The van der Waals surface area contributed by atoms with Gasteiger partial charge in [-0.1, -0.05) is 24.3 Å². The Morgan fingerprint density at radius 3 is 2.39 bits per heavy atom. The van der Waals surface area contributed by atoms with Crippen molar-refractivity contribution in [2.45, 2.75) is 17.8 Å². The van der Waals surface area contributed by atoms with Gasteiger partial charge >= 0.3 is 0 Å². The maximum Gasteiger partial charge on any atom is 0.233 e. The van der Waals surface area contributed by atoms with Crippen LogP contribution < -0.4 is 20.7 Å². The van der Waals surface area contributed by atoms with E-state index in [9.17, 15) is 4.39 Å². The molecule has 2 unspecified atom stereocenters. The number of likely N-dealkylation sites (N-methyl/N-ethyl adjacent to an activating group) is 3. The summed E-state index contributed by atoms with van der Waals surface area (Å²) < 4.78 is 19.6. The number of fused-ring (bicyclic) bond motifs is 1. The summed E-state index contributed by atoms with van der Waals surface area (Å²) in [5.74, 6) is -0.261. The van der Waals surface area contributed by atoms with Gasteiger partial charge in [0.15, 0.2) is 0 Å². The van der Waals surface area contributed by atoms with E-state index in [0.29, 0.717) is 0 Å². The fourth-order valence-electron chi connectivity index (χ4n) is 3.37. The fraction of sp³-hybridized carbons (Fsp3) is 0.333. The molecule has 5 heteroatoms. The van der Waals surface area contributed by atoms with E-state index in [1.807, 2.05) is 51.5 Å². The van der Waals surface area contributed by atoms with E-state index in [1.54, 1.807) is 0 Å². The Morgan fingerprint density at radius 1 is 1.09 bits per heavy atom. The van der Waals surface area contributed by atoms with Gasteiger partial charge in [0.2, 0.25) is 5.85 Å². The normalized spacial score (nSPS) is 22.3. The lowest BCUT2D eigenvalue weighted by molar-refractivity contribution is -0.0397. The standard InChI is InChI=1S/C18H21FN3O/c1-20-17-16(12-8-10-13(19)11-9-12)14-6-4-5-7-15(14)23-18(17,21-2)22-3/h4,6-11,16-17,20-22H,1-3H3. The minimum atomic E-state index is -0.782. The molecule has 0 aliphatic carbocycles. The number of nitrogens with one attached hydrogen (secondary N) is 3. The average molecular weight is 314 g/mol. The molecule has 0 fully saturated rings. The van der Waals surface area contributed by atoms with Gasteiger partial charge in [-0.15, -0.1) is 0 Å². The minimum Gasteiger partial charge on any atom is -0.458 e. The second-order valence-electron chi connectivity index (χ2n) is 5.60. The van der Waals surface area contributed by atoms with Crippen molar-refractivity contribution in [3.8, 4) is 5.75 Å². The molecule has 2 aromatic rings. The topological polar surface area (TPSA) is 45.3 Å². The number of rotatable bonds is 4. The molecule has 0 bridgehead atoms. The first-order valence-electron chi connectivity index (χ1n) is 7.64. The summed E-state index contributed by atoms with van der Waals surface area (Å²) in [6.07, 6.45) is 0. The molecule has 0 saturated carbocycles. The smallest absolute Gasteiger partial charge is 0.233 e. The minimum absolute atomic E-state index is 0.00106. The molecule has 0 amide bonds. The second kappa shape index (κ2) is 6.28. The summed E-state index contributed by atoms with van der Waals surface area (Å²) in [7, 11) is 5.59. The van der Waals surface area contributed by atoms with Gasteiger partial charge in [-0.2, -0.15) is 0 Å². The monoisotopic (exact) mass is 314 g/mol. The quantitative estimate of drug-likeness (QED) is 0.754. The number of halogens is 1. The van der Waals surface area contributed by atoms with Crippen molar-refractivity contribution in [1.29, 1.82) is 0 Å². The predicted octanol–water partition coefficient (Wildman–Crippen LogP) is 1.83. The molecule has 1 heterocycles. The third kappa shape index (κ3) is 2.61. The molecule has 1 aliphatic heterocycles. The molecule has 2 atom stereocenters. The summed E-state index contributed by atoms with van der Waals surface area (Å²) in [6.45, 7) is 0. The first-order valence-corrected chi connectivity index (χ1v) is 7.64. The average Bonchev–Trinajstić information content (AvgIpc) is 2.60. The van der Waals surface area contributed by atoms with Gasteiger partial charge in [0, 0.05) is 11.5 Å². The van der Waals surface area contributed by atoms with Crippen molar-refractivity contribution in [3.05, 3.63) is 65.5 Å². The highest BCUT2D eigenvalue weighted by molar-refractivity contribution is 5.46. The molecule has 1 aliphatic rings. The van der Waals surface area contributed by atoms with Crippen LogP contribution in [0.15, 0.2) is 42.5 Å². The molecule has 0 aromatic heterocycles. The van der Waals surface area contributed by atoms with Crippen molar-refractivity contribution in [2.24, 2.45) is 0 Å². The Morgan fingerprint density at radius 2 is 1.78 bits per heavy atom. The third-order valence-corrected chi connectivity index (χ3v) is 4.52. The van der Waals surface area contributed by atoms with Crippen LogP contribution in [-0.2, 0) is 0 Å². The van der Waals surface area contributed by atoms with E-state index in [4.69, 9.17) is 4.74 Å². The molecule has 0 spiro atoms. The lowest BCUT2D eigenvalue weighted by Gasteiger charge is -2.48. The highest BCUT2D eigenvalue weighted by Crippen LogP contribution is 2.42. The van der Waals surface area contributed by atoms with E-state index in [2.05, 4.69) is 22.0 Å². The summed E-state index contributed by atoms with van der Waals surface area (Å²) >= 11 is 0. The van der Waals surface area contributed by atoms with Crippen molar-refractivity contribution in [2.75, 3.05) is 21.1 Å². The molecular formula is C18H21FN3O. The van der Waals surface area contributed by atoms with Crippen LogP contribution in [0.1, 0.15) is 17.0 Å². The van der Waals surface area contributed by atoms with Crippen LogP contribution in [0.5, 0.6) is 5.75 Å². The molecular weight excluding hydrogens is 293 g/mol. The van der Waals surface area contributed by atoms with E-state index >= 15 is 0 Å². The number of benzene rings is 2. The molecule has 3 rings (SSSR count). The largest absolute Gasteiger partial charge is 0.458 e. The van der Waals surface area contributed by atoms with Gasteiger partial charge in [-0.3, -0.25) is 10.6 Å². The Balaban J connectivity index is 2.18. The van der Waals surface area contributed by atoms with E-state index in [1.165, 1.54) is 12.1 Å². The van der Waals surface area contributed by atoms with Crippen LogP contribution in [0.2, 0.25) is 0 Å². The Kier molecular flexibility index (Phi) is 4.35. The van der Waals surface area contributed by atoms with Crippen LogP contribution in [0.4, 0.5) is 4.39 Å². The predicted molar refractivity (Wildman–Crippen MR) is 87.8 cm³/mol. The van der Waals surface area contributed by atoms with Crippen LogP contribution >= 0.6 is 0 Å². The van der Waals surface area contributed by atoms with Gasteiger partial charge < -0.3 is 10.1 Å². The maximum atomic E-state index is 13.3. The van der Waals surface area contributed by atoms with Crippen molar-refractivity contribution in [1.82, 2.24) is 16.0 Å². The van der Waals surface area contributed by atoms with Gasteiger partial charge in [0.25, 0.3) is 0 Å². The highest BCUT2D eigenvalue weighted by Gasteiger charge is 2.48. The number of hydrogen-bond acceptors (Lipinski definition) is 4. The Bertz CT molecular complexity index is 670. The van der Waals surface area contributed by atoms with E-state index < -0.39 is 5.85 Å². The molecule has 1 radical (unpaired) electrons. The fourth-order valence-corrected chi connectivity index (χ4v) is 3.37. The number of hydrogen-bond donors (Lipinski definition) is 3. The van der Waals surface area contributed by atoms with E-state index in [-0.39, 0.29) is 17.8 Å². The summed E-state index contributed by atoms with van der Waals surface area (Å²) in [5, 5.41) is 9.82. The van der Waals surface area contributed by atoms with Gasteiger partial charge in [-0.25, -0.2) is 4.39 Å². The Labute approximate surface area is 136 Å². The first kappa shape index (κ1) is 15.9. The second-order valence-corrected chi connectivity index (χ2v) is 5.60.